The molecule has 2 aliphatic heterocycles. The van der Waals surface area contributed by atoms with Gasteiger partial charge in [0.2, 0.25) is 11.8 Å². The molecule has 1 unspecified atom stereocenters. The van der Waals surface area contributed by atoms with Gasteiger partial charge in [-0.2, -0.15) is 0 Å². The molecule has 0 radical (unpaired) electrons. The molecule has 1 atom stereocenters. The van der Waals surface area contributed by atoms with Gasteiger partial charge in [-0.05, 0) is 31.9 Å². The predicted molar refractivity (Wildman–Crippen MR) is 89.9 cm³/mol. The Bertz CT molecular complexity index is 611. The first-order valence-electron chi connectivity index (χ1n) is 8.59. The van der Waals surface area contributed by atoms with E-state index in [1.807, 2.05) is 31.2 Å². The van der Waals surface area contributed by atoms with Gasteiger partial charge in [0.25, 0.3) is 0 Å². The van der Waals surface area contributed by atoms with Crippen molar-refractivity contribution in [2.24, 2.45) is 5.92 Å². The van der Waals surface area contributed by atoms with Crippen LogP contribution in [0.15, 0.2) is 24.3 Å². The topological polar surface area (TPSA) is 70.1 Å². The van der Waals surface area contributed by atoms with Crippen molar-refractivity contribution in [2.75, 3.05) is 31.1 Å². The number of aliphatic hydroxyl groups excluding tert-OH is 1. The number of benzene rings is 1. The van der Waals surface area contributed by atoms with Crippen LogP contribution in [0, 0.1) is 5.92 Å². The molecule has 1 aromatic carbocycles. The maximum atomic E-state index is 12.7. The van der Waals surface area contributed by atoms with Crippen molar-refractivity contribution >= 4 is 17.5 Å². The van der Waals surface area contributed by atoms with E-state index in [4.69, 9.17) is 4.74 Å². The summed E-state index contributed by atoms with van der Waals surface area (Å²) in [4.78, 5) is 28.6. The highest BCUT2D eigenvalue weighted by Gasteiger charge is 2.38. The highest BCUT2D eigenvalue weighted by atomic mass is 16.5. The Balaban J connectivity index is 1.71. The standard InChI is InChI=1S/C18H24N2O4/c1-2-24-16-6-4-3-5-15(16)20-12-13(11-17(20)22)18(23)19-9-7-14(21)8-10-19/h3-6,13-14,21H,2,7-12H2,1H3. The molecule has 0 saturated carbocycles. The fourth-order valence-corrected chi connectivity index (χ4v) is 3.41. The summed E-state index contributed by atoms with van der Waals surface area (Å²) in [5.74, 6) is 0.328. The number of ether oxygens (including phenoxy) is 1. The third-order valence-electron chi connectivity index (χ3n) is 4.71. The minimum absolute atomic E-state index is 0.0200. The molecule has 0 bridgehead atoms. The van der Waals surface area contributed by atoms with Crippen molar-refractivity contribution < 1.29 is 19.4 Å². The van der Waals surface area contributed by atoms with Gasteiger partial charge in [0.15, 0.2) is 0 Å². The number of piperidine rings is 1. The predicted octanol–water partition coefficient (Wildman–Crippen LogP) is 1.42. The van der Waals surface area contributed by atoms with Gasteiger partial charge >= 0.3 is 0 Å². The van der Waals surface area contributed by atoms with Crippen LogP contribution in [-0.4, -0.2) is 54.2 Å². The van der Waals surface area contributed by atoms with Crippen molar-refractivity contribution in [1.29, 1.82) is 0 Å². The number of likely N-dealkylation sites (tertiary alicyclic amines) is 1. The van der Waals surface area contributed by atoms with Crippen LogP contribution in [0.3, 0.4) is 0 Å². The minimum Gasteiger partial charge on any atom is -0.492 e. The third-order valence-corrected chi connectivity index (χ3v) is 4.71. The molecule has 2 fully saturated rings. The number of para-hydroxylation sites is 2. The summed E-state index contributed by atoms with van der Waals surface area (Å²) >= 11 is 0. The van der Waals surface area contributed by atoms with Crippen molar-refractivity contribution in [3.8, 4) is 5.75 Å². The highest BCUT2D eigenvalue weighted by molar-refractivity contribution is 6.01. The number of carbonyl (C=O) groups excluding carboxylic acids is 2. The lowest BCUT2D eigenvalue weighted by atomic mass is 10.0. The van der Waals surface area contributed by atoms with E-state index >= 15 is 0 Å². The lowest BCUT2D eigenvalue weighted by Crippen LogP contribution is -2.43. The number of hydrogen-bond acceptors (Lipinski definition) is 4. The fraction of sp³-hybridized carbons (Fsp3) is 0.556. The number of hydrogen-bond donors (Lipinski definition) is 1. The molecule has 24 heavy (non-hydrogen) atoms. The molecule has 2 amide bonds. The first-order chi connectivity index (χ1) is 11.6. The number of nitrogens with zero attached hydrogens (tertiary/aromatic N) is 2. The molecule has 1 N–H and O–H groups in total. The van der Waals surface area contributed by atoms with Crippen molar-refractivity contribution in [3.05, 3.63) is 24.3 Å². The molecule has 0 aliphatic carbocycles. The molecular formula is C18H24N2O4. The second-order valence-corrected chi connectivity index (χ2v) is 6.36. The first kappa shape index (κ1) is 16.8. The summed E-state index contributed by atoms with van der Waals surface area (Å²) in [5, 5.41) is 9.57. The van der Waals surface area contributed by atoms with Gasteiger partial charge in [-0.15, -0.1) is 0 Å². The molecule has 0 aromatic heterocycles. The second-order valence-electron chi connectivity index (χ2n) is 6.36. The van der Waals surface area contributed by atoms with Crippen LogP contribution in [0.4, 0.5) is 5.69 Å². The Morgan fingerprint density at radius 3 is 2.71 bits per heavy atom. The summed E-state index contributed by atoms with van der Waals surface area (Å²) in [6.45, 7) is 3.96. The fourth-order valence-electron chi connectivity index (χ4n) is 3.41. The van der Waals surface area contributed by atoms with Gasteiger partial charge in [0.1, 0.15) is 5.75 Å². The minimum atomic E-state index is -0.317. The summed E-state index contributed by atoms with van der Waals surface area (Å²) in [6, 6.07) is 7.43. The Labute approximate surface area is 142 Å². The molecule has 130 valence electrons. The van der Waals surface area contributed by atoms with Crippen LogP contribution >= 0.6 is 0 Å². The number of aliphatic hydroxyl groups is 1. The molecule has 2 heterocycles. The number of carbonyl (C=O) groups is 2. The van der Waals surface area contributed by atoms with Crippen LogP contribution in [0.1, 0.15) is 26.2 Å². The van der Waals surface area contributed by atoms with E-state index in [2.05, 4.69) is 0 Å². The number of rotatable bonds is 4. The van der Waals surface area contributed by atoms with E-state index in [1.165, 1.54) is 0 Å². The average Bonchev–Trinajstić information content (AvgIpc) is 2.97. The summed E-state index contributed by atoms with van der Waals surface area (Å²) in [6.07, 6.45) is 1.15. The quantitative estimate of drug-likeness (QED) is 0.905. The van der Waals surface area contributed by atoms with Crippen LogP contribution in [0.2, 0.25) is 0 Å². The molecule has 1 aromatic rings. The van der Waals surface area contributed by atoms with Crippen LogP contribution in [-0.2, 0) is 9.59 Å². The van der Waals surface area contributed by atoms with E-state index in [9.17, 15) is 14.7 Å². The van der Waals surface area contributed by atoms with Crippen LogP contribution in [0.25, 0.3) is 0 Å². The third kappa shape index (κ3) is 3.38. The van der Waals surface area contributed by atoms with Gasteiger partial charge in [-0.25, -0.2) is 0 Å². The Morgan fingerprint density at radius 2 is 2.00 bits per heavy atom. The van der Waals surface area contributed by atoms with E-state index < -0.39 is 0 Å². The summed E-state index contributed by atoms with van der Waals surface area (Å²) in [5.41, 5.74) is 0.730. The van der Waals surface area contributed by atoms with Gasteiger partial charge in [0, 0.05) is 26.1 Å². The van der Waals surface area contributed by atoms with E-state index in [-0.39, 0.29) is 30.3 Å². The average molecular weight is 332 g/mol. The van der Waals surface area contributed by atoms with E-state index in [0.717, 1.165) is 5.69 Å². The summed E-state index contributed by atoms with van der Waals surface area (Å²) in [7, 11) is 0. The van der Waals surface area contributed by atoms with Crippen molar-refractivity contribution in [3.63, 3.8) is 0 Å². The molecule has 3 rings (SSSR count). The van der Waals surface area contributed by atoms with Crippen LogP contribution < -0.4 is 9.64 Å². The molecule has 6 heteroatoms. The van der Waals surface area contributed by atoms with E-state index in [0.29, 0.717) is 44.8 Å². The monoisotopic (exact) mass is 332 g/mol. The van der Waals surface area contributed by atoms with Gasteiger partial charge in [-0.1, -0.05) is 12.1 Å². The molecule has 2 aliphatic rings. The van der Waals surface area contributed by atoms with Crippen molar-refractivity contribution in [1.82, 2.24) is 4.90 Å². The Kier molecular flexibility index (Phi) is 5.04. The number of amides is 2. The second kappa shape index (κ2) is 7.21. The lowest BCUT2D eigenvalue weighted by molar-refractivity contribution is -0.137. The smallest absolute Gasteiger partial charge is 0.228 e. The van der Waals surface area contributed by atoms with Crippen molar-refractivity contribution in [2.45, 2.75) is 32.3 Å². The molecule has 0 spiro atoms. The zero-order valence-corrected chi connectivity index (χ0v) is 14.0. The number of anilines is 1. The maximum absolute atomic E-state index is 12.7. The molecular weight excluding hydrogens is 308 g/mol. The maximum Gasteiger partial charge on any atom is 0.228 e. The van der Waals surface area contributed by atoms with Gasteiger partial charge in [0.05, 0.1) is 24.3 Å². The largest absolute Gasteiger partial charge is 0.492 e. The lowest BCUT2D eigenvalue weighted by Gasteiger charge is -2.31. The summed E-state index contributed by atoms with van der Waals surface area (Å²) < 4.78 is 5.60. The molecule has 6 nitrogen and oxygen atoms in total. The SMILES string of the molecule is CCOc1ccccc1N1CC(C(=O)N2CCC(O)CC2)CC1=O. The van der Waals surface area contributed by atoms with Crippen LogP contribution in [0.5, 0.6) is 5.75 Å². The zero-order chi connectivity index (χ0) is 17.1. The Hall–Kier alpha value is -2.08. The van der Waals surface area contributed by atoms with E-state index in [1.54, 1.807) is 9.80 Å². The highest BCUT2D eigenvalue weighted by Crippen LogP contribution is 2.33. The normalized spacial score (nSPS) is 22.1. The zero-order valence-electron chi connectivity index (χ0n) is 14.0. The van der Waals surface area contributed by atoms with Gasteiger partial charge < -0.3 is 19.6 Å². The molecule has 2 saturated heterocycles. The van der Waals surface area contributed by atoms with Gasteiger partial charge in [-0.3, -0.25) is 9.59 Å². The first-order valence-corrected chi connectivity index (χ1v) is 8.59. The Morgan fingerprint density at radius 1 is 1.29 bits per heavy atom.